The van der Waals surface area contributed by atoms with E-state index >= 15 is 0 Å². The topological polar surface area (TPSA) is 38.3 Å². The van der Waals surface area contributed by atoms with Crippen molar-refractivity contribution in [3.05, 3.63) is 59.1 Å². The van der Waals surface area contributed by atoms with Crippen molar-refractivity contribution in [2.45, 2.75) is 13.0 Å². The van der Waals surface area contributed by atoms with Crippen LogP contribution >= 0.6 is 11.6 Å². The summed E-state index contributed by atoms with van der Waals surface area (Å²) in [7, 11) is 0. The fourth-order valence-corrected chi connectivity index (χ4v) is 1.79. The fraction of sp³-hybridized carbons (Fsp3) is 0.133. The number of amides is 1. The predicted molar refractivity (Wildman–Crippen MR) is 76.5 cm³/mol. The fourth-order valence-electron chi connectivity index (χ4n) is 1.60. The first kappa shape index (κ1) is 15.3. The second kappa shape index (κ2) is 6.54. The molecule has 110 valence electrons. The standard InChI is InChI=1S/C15H12ClF2NO2/c1-9(21-10-6-7-12(17)13(18)8-10)15(20)19-14-5-3-2-4-11(14)16/h2-9H,1H3,(H,19,20)/t9-/m1/s1. The maximum absolute atomic E-state index is 13.1. The molecule has 6 heteroatoms. The molecule has 2 aromatic rings. The molecule has 0 aromatic heterocycles. The van der Waals surface area contributed by atoms with Gasteiger partial charge in [0.25, 0.3) is 5.91 Å². The second-order valence-corrected chi connectivity index (χ2v) is 4.71. The SMILES string of the molecule is C[C@@H](Oc1ccc(F)c(F)c1)C(=O)Nc1ccccc1Cl. The molecule has 2 rings (SSSR count). The van der Waals surface area contributed by atoms with Gasteiger partial charge < -0.3 is 10.1 Å². The van der Waals surface area contributed by atoms with Crippen molar-refractivity contribution in [1.82, 2.24) is 0 Å². The van der Waals surface area contributed by atoms with E-state index in [4.69, 9.17) is 16.3 Å². The summed E-state index contributed by atoms with van der Waals surface area (Å²) >= 11 is 5.92. The van der Waals surface area contributed by atoms with Crippen molar-refractivity contribution in [3.63, 3.8) is 0 Å². The first-order valence-corrected chi connectivity index (χ1v) is 6.52. The van der Waals surface area contributed by atoms with Gasteiger partial charge in [-0.05, 0) is 31.2 Å². The van der Waals surface area contributed by atoms with Crippen molar-refractivity contribution in [1.29, 1.82) is 0 Å². The van der Waals surface area contributed by atoms with Crippen molar-refractivity contribution in [2.75, 3.05) is 5.32 Å². The maximum Gasteiger partial charge on any atom is 0.265 e. The van der Waals surface area contributed by atoms with Gasteiger partial charge in [0.2, 0.25) is 0 Å². The van der Waals surface area contributed by atoms with E-state index in [1.165, 1.54) is 13.0 Å². The molecule has 0 fully saturated rings. The van der Waals surface area contributed by atoms with Crippen LogP contribution in [0, 0.1) is 11.6 Å². The first-order valence-electron chi connectivity index (χ1n) is 6.14. The number of rotatable bonds is 4. The number of halogens is 3. The summed E-state index contributed by atoms with van der Waals surface area (Å²) in [6.07, 6.45) is -0.897. The molecule has 0 unspecified atom stereocenters. The van der Waals surface area contributed by atoms with E-state index in [9.17, 15) is 13.6 Å². The molecule has 3 nitrogen and oxygen atoms in total. The average Bonchev–Trinajstić information content (AvgIpc) is 2.45. The molecule has 0 saturated heterocycles. The average molecular weight is 312 g/mol. The Labute approximate surface area is 125 Å². The van der Waals surface area contributed by atoms with E-state index < -0.39 is 23.6 Å². The summed E-state index contributed by atoms with van der Waals surface area (Å²) in [5.41, 5.74) is 0.449. The number of nitrogens with one attached hydrogen (secondary N) is 1. The molecule has 0 aliphatic rings. The van der Waals surface area contributed by atoms with Crippen LogP contribution in [0.1, 0.15) is 6.92 Å². The molecule has 0 aliphatic heterocycles. The summed E-state index contributed by atoms with van der Waals surface area (Å²) in [6, 6.07) is 9.81. The van der Waals surface area contributed by atoms with Gasteiger partial charge in [0, 0.05) is 6.07 Å². The molecule has 1 amide bonds. The largest absolute Gasteiger partial charge is 0.481 e. The highest BCUT2D eigenvalue weighted by atomic mass is 35.5. The summed E-state index contributed by atoms with van der Waals surface area (Å²) < 4.78 is 31.1. The molecule has 0 saturated carbocycles. The normalized spacial score (nSPS) is 11.8. The van der Waals surface area contributed by atoms with Crippen LogP contribution in [-0.4, -0.2) is 12.0 Å². The summed E-state index contributed by atoms with van der Waals surface area (Å²) in [4.78, 5) is 12.0. The predicted octanol–water partition coefficient (Wildman–Crippen LogP) is 4.02. The van der Waals surface area contributed by atoms with Gasteiger partial charge in [0.1, 0.15) is 5.75 Å². The molecule has 0 bridgehead atoms. The number of carbonyl (C=O) groups is 1. The minimum atomic E-state index is -1.04. The Morgan fingerprint density at radius 1 is 1.19 bits per heavy atom. The summed E-state index contributed by atoms with van der Waals surface area (Å²) in [6.45, 7) is 1.49. The number of carbonyl (C=O) groups excluding carboxylic acids is 1. The second-order valence-electron chi connectivity index (χ2n) is 4.31. The Morgan fingerprint density at radius 2 is 1.90 bits per heavy atom. The number of ether oxygens (including phenoxy) is 1. The lowest BCUT2D eigenvalue weighted by molar-refractivity contribution is -0.122. The monoisotopic (exact) mass is 311 g/mol. The molecule has 1 atom stereocenters. The van der Waals surface area contributed by atoms with Crippen LogP contribution in [0.5, 0.6) is 5.75 Å². The van der Waals surface area contributed by atoms with Gasteiger partial charge in [0.05, 0.1) is 10.7 Å². The zero-order valence-corrected chi connectivity index (χ0v) is 11.8. The van der Waals surface area contributed by atoms with E-state index in [-0.39, 0.29) is 5.75 Å². The van der Waals surface area contributed by atoms with Gasteiger partial charge >= 0.3 is 0 Å². The van der Waals surface area contributed by atoms with E-state index in [2.05, 4.69) is 5.32 Å². The van der Waals surface area contributed by atoms with Crippen molar-refractivity contribution in [3.8, 4) is 5.75 Å². The van der Waals surface area contributed by atoms with Crippen LogP contribution in [0.3, 0.4) is 0 Å². The Balaban J connectivity index is 2.02. The highest BCUT2D eigenvalue weighted by Gasteiger charge is 2.16. The molecular weight excluding hydrogens is 300 g/mol. The first-order chi connectivity index (χ1) is 9.97. The van der Waals surface area contributed by atoms with Crippen LogP contribution in [-0.2, 0) is 4.79 Å². The molecule has 0 heterocycles. The third-order valence-corrected chi connectivity index (χ3v) is 3.03. The van der Waals surface area contributed by atoms with Crippen LogP contribution < -0.4 is 10.1 Å². The summed E-state index contributed by atoms with van der Waals surface area (Å²) in [5, 5.41) is 2.99. The van der Waals surface area contributed by atoms with Crippen LogP contribution in [0.2, 0.25) is 5.02 Å². The zero-order chi connectivity index (χ0) is 15.4. The number of anilines is 1. The highest BCUT2D eigenvalue weighted by molar-refractivity contribution is 6.33. The van der Waals surface area contributed by atoms with Crippen molar-refractivity contribution in [2.24, 2.45) is 0 Å². The van der Waals surface area contributed by atoms with E-state index in [1.54, 1.807) is 24.3 Å². The Morgan fingerprint density at radius 3 is 2.57 bits per heavy atom. The van der Waals surface area contributed by atoms with Gasteiger partial charge in [-0.25, -0.2) is 8.78 Å². The number of hydrogen-bond acceptors (Lipinski definition) is 2. The van der Waals surface area contributed by atoms with Gasteiger partial charge in [-0.2, -0.15) is 0 Å². The van der Waals surface area contributed by atoms with Gasteiger partial charge in [-0.1, -0.05) is 23.7 Å². The molecule has 1 N–H and O–H groups in total. The molecule has 0 spiro atoms. The maximum atomic E-state index is 13.1. The highest BCUT2D eigenvalue weighted by Crippen LogP contribution is 2.21. The number of benzene rings is 2. The minimum Gasteiger partial charge on any atom is -0.481 e. The van der Waals surface area contributed by atoms with Crippen LogP contribution in [0.15, 0.2) is 42.5 Å². The third-order valence-electron chi connectivity index (χ3n) is 2.70. The molecule has 2 aromatic carbocycles. The molecule has 21 heavy (non-hydrogen) atoms. The third kappa shape index (κ3) is 3.92. The molecule has 0 radical (unpaired) electrons. The Bertz CT molecular complexity index is 664. The van der Waals surface area contributed by atoms with Crippen LogP contribution in [0.4, 0.5) is 14.5 Å². The number of hydrogen-bond donors (Lipinski definition) is 1. The quantitative estimate of drug-likeness (QED) is 0.926. The van der Waals surface area contributed by atoms with Gasteiger partial charge in [-0.3, -0.25) is 4.79 Å². The lowest BCUT2D eigenvalue weighted by Gasteiger charge is -2.15. The van der Waals surface area contributed by atoms with E-state index in [1.807, 2.05) is 0 Å². The van der Waals surface area contributed by atoms with E-state index in [0.29, 0.717) is 10.7 Å². The zero-order valence-electron chi connectivity index (χ0n) is 11.1. The smallest absolute Gasteiger partial charge is 0.265 e. The lowest BCUT2D eigenvalue weighted by Crippen LogP contribution is -2.30. The van der Waals surface area contributed by atoms with Crippen molar-refractivity contribution < 1.29 is 18.3 Å². The molecule has 0 aliphatic carbocycles. The Hall–Kier alpha value is -2.14. The van der Waals surface area contributed by atoms with Gasteiger partial charge in [0.15, 0.2) is 17.7 Å². The van der Waals surface area contributed by atoms with Crippen LogP contribution in [0.25, 0.3) is 0 Å². The summed E-state index contributed by atoms with van der Waals surface area (Å²) in [5.74, 6) is -2.40. The molecular formula is C15H12ClF2NO2. The Kier molecular flexibility index (Phi) is 4.75. The van der Waals surface area contributed by atoms with Gasteiger partial charge in [-0.15, -0.1) is 0 Å². The minimum absolute atomic E-state index is 0.0655. The lowest BCUT2D eigenvalue weighted by atomic mass is 10.3. The van der Waals surface area contributed by atoms with E-state index in [0.717, 1.165) is 12.1 Å². The van der Waals surface area contributed by atoms with Crippen molar-refractivity contribution >= 4 is 23.2 Å². The number of para-hydroxylation sites is 1.